The van der Waals surface area contributed by atoms with Gasteiger partial charge in [-0.05, 0) is 0 Å². The van der Waals surface area contributed by atoms with Gasteiger partial charge < -0.3 is 18.9 Å². The fourth-order valence-electron chi connectivity index (χ4n) is 0.922. The van der Waals surface area contributed by atoms with Gasteiger partial charge in [0.1, 0.15) is 6.61 Å². The first-order valence-corrected chi connectivity index (χ1v) is 5.93. The van der Waals surface area contributed by atoms with Crippen molar-refractivity contribution >= 4 is 5.78 Å². The van der Waals surface area contributed by atoms with Crippen LogP contribution in [0.5, 0.6) is 0 Å². The van der Waals surface area contributed by atoms with Crippen LogP contribution in [0.25, 0.3) is 0 Å². The largest absolute Gasteiger partial charge is 0.382 e. The molecule has 0 aliphatic heterocycles. The number of ketones is 1. The second kappa shape index (κ2) is 12.0. The maximum Gasteiger partial charge on any atom is 0.160 e. The van der Waals surface area contributed by atoms with Crippen molar-refractivity contribution in [3.63, 3.8) is 0 Å². The molecule has 5 nitrogen and oxygen atoms in total. The average Bonchev–Trinajstić information content (AvgIpc) is 2.31. The lowest BCUT2D eigenvalue weighted by Gasteiger charge is -2.07. The number of rotatable bonds is 12. The summed E-state index contributed by atoms with van der Waals surface area (Å²) in [6.45, 7) is 7.08. The van der Waals surface area contributed by atoms with E-state index in [0.717, 1.165) is 0 Å². The summed E-state index contributed by atoms with van der Waals surface area (Å²) in [5, 5.41) is 0. The van der Waals surface area contributed by atoms with Crippen LogP contribution in [0.1, 0.15) is 13.8 Å². The molecule has 102 valence electrons. The van der Waals surface area contributed by atoms with Crippen molar-refractivity contribution in [1.82, 2.24) is 0 Å². The van der Waals surface area contributed by atoms with Gasteiger partial charge in [0, 0.05) is 13.0 Å². The number of carbonyl (C=O) groups excluding carboxylic acids is 1. The Labute approximate surface area is 103 Å². The summed E-state index contributed by atoms with van der Waals surface area (Å²) in [6.07, 6.45) is 0. The number of carbonyl (C=O) groups is 1. The Bertz CT molecular complexity index is 182. The zero-order chi connectivity index (χ0) is 12.9. The minimum atomic E-state index is 0.0325. The third-order valence-electron chi connectivity index (χ3n) is 2.06. The molecule has 0 saturated carbocycles. The van der Waals surface area contributed by atoms with Crippen LogP contribution in [0.3, 0.4) is 0 Å². The average molecular weight is 248 g/mol. The van der Waals surface area contributed by atoms with Crippen molar-refractivity contribution in [1.29, 1.82) is 0 Å². The van der Waals surface area contributed by atoms with Crippen molar-refractivity contribution in [2.24, 2.45) is 5.92 Å². The van der Waals surface area contributed by atoms with Crippen LogP contribution in [-0.4, -0.2) is 59.1 Å². The normalized spacial score (nSPS) is 11.1. The van der Waals surface area contributed by atoms with Crippen LogP contribution in [0.15, 0.2) is 0 Å². The predicted molar refractivity (Wildman–Crippen MR) is 64.2 cm³/mol. The quantitative estimate of drug-likeness (QED) is 0.480. The van der Waals surface area contributed by atoms with E-state index in [-0.39, 0.29) is 18.3 Å². The molecule has 5 heteroatoms. The molecule has 0 rings (SSSR count). The van der Waals surface area contributed by atoms with Crippen molar-refractivity contribution in [3.8, 4) is 0 Å². The van der Waals surface area contributed by atoms with E-state index in [1.54, 1.807) is 7.11 Å². The molecular formula is C12H24O5. The molecule has 0 aliphatic carbocycles. The molecule has 17 heavy (non-hydrogen) atoms. The highest BCUT2D eigenvalue weighted by Crippen LogP contribution is 1.94. The molecule has 0 radical (unpaired) electrons. The Kier molecular flexibility index (Phi) is 11.6. The van der Waals surface area contributed by atoms with Crippen LogP contribution in [-0.2, 0) is 23.7 Å². The number of methoxy groups -OCH3 is 1. The molecule has 0 heterocycles. The van der Waals surface area contributed by atoms with Crippen LogP contribution >= 0.6 is 0 Å². The van der Waals surface area contributed by atoms with E-state index in [2.05, 4.69) is 0 Å². The molecule has 0 spiro atoms. The summed E-state index contributed by atoms with van der Waals surface area (Å²) in [5.74, 6) is 0.151. The lowest BCUT2D eigenvalue weighted by Crippen LogP contribution is -2.17. The van der Waals surface area contributed by atoms with E-state index in [0.29, 0.717) is 39.6 Å². The summed E-state index contributed by atoms with van der Waals surface area (Å²) in [4.78, 5) is 11.2. The molecule has 0 aromatic carbocycles. The van der Waals surface area contributed by atoms with E-state index in [9.17, 15) is 4.79 Å². The Hall–Kier alpha value is -0.490. The fourth-order valence-corrected chi connectivity index (χ4v) is 0.922. The smallest absolute Gasteiger partial charge is 0.160 e. The molecule has 0 saturated heterocycles. The van der Waals surface area contributed by atoms with Gasteiger partial charge in [0.25, 0.3) is 0 Å². The minimum absolute atomic E-state index is 0.0325. The maximum atomic E-state index is 11.2. The lowest BCUT2D eigenvalue weighted by molar-refractivity contribution is -0.127. The van der Waals surface area contributed by atoms with Gasteiger partial charge in [-0.15, -0.1) is 0 Å². The SMILES string of the molecule is COCCOCCOCCOCC(=O)C(C)C. The van der Waals surface area contributed by atoms with Crippen LogP contribution in [0.4, 0.5) is 0 Å². The first-order chi connectivity index (χ1) is 8.18. The van der Waals surface area contributed by atoms with Gasteiger partial charge >= 0.3 is 0 Å². The molecule has 0 amide bonds. The van der Waals surface area contributed by atoms with Gasteiger partial charge in [0.2, 0.25) is 0 Å². The van der Waals surface area contributed by atoms with Crippen LogP contribution < -0.4 is 0 Å². The molecule has 0 N–H and O–H groups in total. The first kappa shape index (κ1) is 16.5. The molecule has 0 unspecified atom stereocenters. The van der Waals surface area contributed by atoms with Gasteiger partial charge in [0.15, 0.2) is 5.78 Å². The number of hydrogen-bond acceptors (Lipinski definition) is 5. The Morgan fingerprint density at radius 2 is 1.35 bits per heavy atom. The lowest BCUT2D eigenvalue weighted by atomic mass is 10.1. The highest BCUT2D eigenvalue weighted by Gasteiger charge is 2.06. The van der Waals surface area contributed by atoms with Crippen molar-refractivity contribution in [2.75, 3.05) is 53.4 Å². The Morgan fingerprint density at radius 3 is 1.82 bits per heavy atom. The van der Waals surface area contributed by atoms with Gasteiger partial charge in [-0.1, -0.05) is 13.8 Å². The number of hydrogen-bond donors (Lipinski definition) is 0. The van der Waals surface area contributed by atoms with Gasteiger partial charge in [-0.2, -0.15) is 0 Å². The third kappa shape index (κ3) is 11.8. The van der Waals surface area contributed by atoms with Gasteiger partial charge in [-0.25, -0.2) is 0 Å². The van der Waals surface area contributed by atoms with Crippen LogP contribution in [0, 0.1) is 5.92 Å². The number of ether oxygens (including phenoxy) is 4. The zero-order valence-electron chi connectivity index (χ0n) is 11.1. The third-order valence-corrected chi connectivity index (χ3v) is 2.06. The molecule has 0 fully saturated rings. The summed E-state index contributed by atoms with van der Waals surface area (Å²) < 4.78 is 20.5. The van der Waals surface area contributed by atoms with E-state index < -0.39 is 0 Å². The van der Waals surface area contributed by atoms with Crippen molar-refractivity contribution in [3.05, 3.63) is 0 Å². The minimum Gasteiger partial charge on any atom is -0.382 e. The molecular weight excluding hydrogens is 224 g/mol. The summed E-state index contributed by atoms with van der Waals surface area (Å²) >= 11 is 0. The summed E-state index contributed by atoms with van der Waals surface area (Å²) in [7, 11) is 1.63. The van der Waals surface area contributed by atoms with Crippen LogP contribution in [0.2, 0.25) is 0 Å². The summed E-state index contributed by atoms with van der Waals surface area (Å²) in [6, 6.07) is 0. The molecule has 0 atom stereocenters. The van der Waals surface area contributed by atoms with Crippen molar-refractivity contribution < 1.29 is 23.7 Å². The highest BCUT2D eigenvalue weighted by atomic mass is 16.6. The van der Waals surface area contributed by atoms with Gasteiger partial charge in [0.05, 0.1) is 39.6 Å². The molecule has 0 aromatic heterocycles. The monoisotopic (exact) mass is 248 g/mol. The summed E-state index contributed by atoms with van der Waals surface area (Å²) in [5.41, 5.74) is 0. The second-order valence-electron chi connectivity index (χ2n) is 3.89. The Balaban J connectivity index is 3.06. The predicted octanol–water partition coefficient (Wildman–Crippen LogP) is 0.908. The van der Waals surface area contributed by atoms with E-state index >= 15 is 0 Å². The topological polar surface area (TPSA) is 54.0 Å². The van der Waals surface area contributed by atoms with E-state index in [1.165, 1.54) is 0 Å². The first-order valence-electron chi connectivity index (χ1n) is 5.93. The molecule has 0 bridgehead atoms. The van der Waals surface area contributed by atoms with Gasteiger partial charge in [-0.3, -0.25) is 4.79 Å². The fraction of sp³-hybridized carbons (Fsp3) is 0.917. The number of Topliss-reactive ketones (excluding diaryl/α,β-unsaturated/α-hetero) is 1. The Morgan fingerprint density at radius 1 is 0.882 bits per heavy atom. The standard InChI is InChI=1S/C12H24O5/c1-11(2)12(13)10-17-9-8-16-7-6-15-5-4-14-3/h11H,4-10H2,1-3H3. The highest BCUT2D eigenvalue weighted by molar-refractivity contribution is 5.81. The van der Waals surface area contributed by atoms with E-state index in [1.807, 2.05) is 13.8 Å². The second-order valence-corrected chi connectivity index (χ2v) is 3.89. The molecule has 0 aliphatic rings. The maximum absolute atomic E-state index is 11.2. The molecule has 0 aromatic rings. The van der Waals surface area contributed by atoms with E-state index in [4.69, 9.17) is 18.9 Å². The van der Waals surface area contributed by atoms with Crippen molar-refractivity contribution in [2.45, 2.75) is 13.8 Å². The zero-order valence-corrected chi connectivity index (χ0v) is 11.1.